The van der Waals surface area contributed by atoms with E-state index in [9.17, 15) is 4.79 Å². The van der Waals surface area contributed by atoms with Gasteiger partial charge in [-0.3, -0.25) is 0 Å². The maximum Gasteiger partial charge on any atom is 0.335 e. The largest absolute Gasteiger partial charge is 0.478 e. The average molecular weight is 400 g/mol. The van der Waals surface area contributed by atoms with Crippen LogP contribution in [0.5, 0.6) is 0 Å². The number of rotatable bonds is 7. The number of carbonyl (C=O) groups is 1. The Labute approximate surface area is 167 Å². The minimum atomic E-state index is -0.932. The van der Waals surface area contributed by atoms with Gasteiger partial charge >= 0.3 is 5.97 Å². The zero-order chi connectivity index (χ0) is 19.2. The van der Waals surface area contributed by atoms with Crippen LogP contribution in [0.3, 0.4) is 0 Å². The molecule has 0 fully saturated rings. The van der Waals surface area contributed by atoms with Crippen LogP contribution in [0, 0.1) is 0 Å². The van der Waals surface area contributed by atoms with Crippen LogP contribution in [0.2, 0.25) is 5.15 Å². The van der Waals surface area contributed by atoms with Gasteiger partial charge in [0.1, 0.15) is 11.0 Å². The van der Waals surface area contributed by atoms with Gasteiger partial charge in [0.25, 0.3) is 0 Å². The Hall–Kier alpha value is -2.57. The molecule has 27 heavy (non-hydrogen) atoms. The fourth-order valence-corrected chi connectivity index (χ4v) is 3.51. The second kappa shape index (κ2) is 8.88. The van der Waals surface area contributed by atoms with Crippen molar-refractivity contribution >= 4 is 35.1 Å². The van der Waals surface area contributed by atoms with E-state index < -0.39 is 5.97 Å². The average Bonchev–Trinajstić information content (AvgIpc) is 2.67. The van der Waals surface area contributed by atoms with E-state index in [1.165, 1.54) is 17.3 Å². The molecule has 0 bridgehead atoms. The van der Waals surface area contributed by atoms with Crippen LogP contribution in [-0.4, -0.2) is 28.1 Å². The van der Waals surface area contributed by atoms with E-state index in [-0.39, 0.29) is 5.56 Å². The predicted octanol–water partition coefficient (Wildman–Crippen LogP) is 4.76. The fourth-order valence-electron chi connectivity index (χ4n) is 2.48. The van der Waals surface area contributed by atoms with Gasteiger partial charge in [-0.2, -0.15) is 0 Å². The number of aromatic carboxylic acids is 1. The molecule has 3 aromatic rings. The highest BCUT2D eigenvalue weighted by Crippen LogP contribution is 2.25. The number of benzene rings is 2. The molecular weight excluding hydrogens is 382 g/mol. The molecule has 0 saturated heterocycles. The molecule has 0 radical (unpaired) electrons. The first kappa shape index (κ1) is 19.2. The van der Waals surface area contributed by atoms with Gasteiger partial charge in [-0.05, 0) is 23.3 Å². The van der Waals surface area contributed by atoms with E-state index >= 15 is 0 Å². The van der Waals surface area contributed by atoms with Crippen molar-refractivity contribution in [3.8, 4) is 0 Å². The van der Waals surface area contributed by atoms with E-state index in [0.717, 1.165) is 17.9 Å². The van der Waals surface area contributed by atoms with Gasteiger partial charge in [0.2, 0.25) is 0 Å². The molecule has 0 saturated carbocycles. The first-order valence-corrected chi connectivity index (χ1v) is 9.62. The van der Waals surface area contributed by atoms with Crippen molar-refractivity contribution in [1.82, 2.24) is 9.97 Å². The number of carboxylic acid groups (broad SMARTS) is 1. The maximum absolute atomic E-state index is 10.9. The molecule has 1 aromatic heterocycles. The Morgan fingerprint density at radius 1 is 1.07 bits per heavy atom. The standard InChI is InChI=1S/C20H18ClN3O2S/c1-24(12-14-5-3-2-4-6-14)18-11-17(21)22-20(23-18)27-13-15-7-9-16(10-8-15)19(25)26/h2-11H,12-13H2,1H3,(H,25,26). The molecule has 7 heteroatoms. The van der Waals surface area contributed by atoms with Crippen LogP contribution < -0.4 is 4.90 Å². The Morgan fingerprint density at radius 2 is 1.78 bits per heavy atom. The number of aromatic nitrogens is 2. The van der Waals surface area contributed by atoms with Crippen molar-refractivity contribution in [3.05, 3.63) is 82.5 Å². The van der Waals surface area contributed by atoms with Gasteiger partial charge in [-0.15, -0.1) is 0 Å². The van der Waals surface area contributed by atoms with E-state index in [2.05, 4.69) is 22.1 Å². The van der Waals surface area contributed by atoms with Crippen LogP contribution in [0.15, 0.2) is 65.8 Å². The molecule has 0 atom stereocenters. The van der Waals surface area contributed by atoms with E-state index in [0.29, 0.717) is 16.1 Å². The number of thioether (sulfide) groups is 1. The summed E-state index contributed by atoms with van der Waals surface area (Å²) in [5.41, 5.74) is 2.45. The third-order valence-corrected chi connectivity index (χ3v) is 5.00. The summed E-state index contributed by atoms with van der Waals surface area (Å²) in [6, 6.07) is 18.7. The lowest BCUT2D eigenvalue weighted by atomic mass is 10.1. The summed E-state index contributed by atoms with van der Waals surface area (Å²) >= 11 is 7.64. The number of hydrogen-bond acceptors (Lipinski definition) is 5. The van der Waals surface area contributed by atoms with Crippen molar-refractivity contribution in [2.75, 3.05) is 11.9 Å². The lowest BCUT2D eigenvalue weighted by molar-refractivity contribution is 0.0697. The van der Waals surface area contributed by atoms with Crippen LogP contribution in [0.4, 0.5) is 5.82 Å². The first-order chi connectivity index (χ1) is 13.0. The highest BCUT2D eigenvalue weighted by molar-refractivity contribution is 7.98. The summed E-state index contributed by atoms with van der Waals surface area (Å²) in [4.78, 5) is 21.8. The summed E-state index contributed by atoms with van der Waals surface area (Å²) in [5.74, 6) is 0.447. The van der Waals surface area contributed by atoms with Gasteiger partial charge in [-0.25, -0.2) is 14.8 Å². The summed E-state index contributed by atoms with van der Waals surface area (Å²) in [6.45, 7) is 0.717. The Kier molecular flexibility index (Phi) is 6.32. The lowest BCUT2D eigenvalue weighted by Crippen LogP contribution is -2.18. The third kappa shape index (κ3) is 5.45. The fraction of sp³-hybridized carbons (Fsp3) is 0.150. The van der Waals surface area contributed by atoms with Crippen molar-refractivity contribution in [2.45, 2.75) is 17.5 Å². The molecule has 0 amide bonds. The van der Waals surface area contributed by atoms with Crippen LogP contribution in [0.25, 0.3) is 0 Å². The minimum absolute atomic E-state index is 0.271. The van der Waals surface area contributed by atoms with Crippen LogP contribution in [0.1, 0.15) is 21.5 Å². The van der Waals surface area contributed by atoms with E-state index in [1.807, 2.05) is 30.1 Å². The molecule has 0 unspecified atom stereocenters. The SMILES string of the molecule is CN(Cc1ccccc1)c1cc(Cl)nc(SCc2ccc(C(=O)O)cc2)n1. The van der Waals surface area contributed by atoms with Crippen molar-refractivity contribution in [1.29, 1.82) is 0 Å². The number of anilines is 1. The zero-order valence-corrected chi connectivity index (χ0v) is 16.2. The quantitative estimate of drug-likeness (QED) is 0.351. The lowest BCUT2D eigenvalue weighted by Gasteiger charge is -2.19. The molecule has 138 valence electrons. The third-order valence-electron chi connectivity index (χ3n) is 3.88. The van der Waals surface area contributed by atoms with Crippen LogP contribution >= 0.6 is 23.4 Å². The maximum atomic E-state index is 10.9. The summed E-state index contributed by atoms with van der Waals surface area (Å²) in [7, 11) is 1.96. The van der Waals surface area contributed by atoms with E-state index in [1.54, 1.807) is 30.3 Å². The molecule has 0 aliphatic rings. The number of halogens is 1. The van der Waals surface area contributed by atoms with Gasteiger partial charge in [-0.1, -0.05) is 65.8 Å². The number of carboxylic acids is 1. The molecule has 1 heterocycles. The Morgan fingerprint density at radius 3 is 2.44 bits per heavy atom. The zero-order valence-electron chi connectivity index (χ0n) is 14.7. The molecule has 0 aliphatic heterocycles. The monoisotopic (exact) mass is 399 g/mol. The normalized spacial score (nSPS) is 10.6. The smallest absolute Gasteiger partial charge is 0.335 e. The molecule has 5 nitrogen and oxygen atoms in total. The second-order valence-electron chi connectivity index (χ2n) is 5.96. The topological polar surface area (TPSA) is 66.3 Å². The highest BCUT2D eigenvalue weighted by Gasteiger charge is 2.10. The van der Waals surface area contributed by atoms with Crippen LogP contribution in [-0.2, 0) is 12.3 Å². The Bertz CT molecular complexity index is 920. The Balaban J connectivity index is 1.68. The second-order valence-corrected chi connectivity index (χ2v) is 7.29. The van der Waals surface area contributed by atoms with E-state index in [4.69, 9.17) is 16.7 Å². The molecule has 0 spiro atoms. The summed E-state index contributed by atoms with van der Waals surface area (Å²) in [5, 5.41) is 9.93. The van der Waals surface area contributed by atoms with Crippen molar-refractivity contribution in [2.24, 2.45) is 0 Å². The van der Waals surface area contributed by atoms with Crippen molar-refractivity contribution in [3.63, 3.8) is 0 Å². The van der Waals surface area contributed by atoms with Crippen molar-refractivity contribution < 1.29 is 9.90 Å². The molecule has 1 N–H and O–H groups in total. The molecule has 0 aliphatic carbocycles. The summed E-state index contributed by atoms with van der Waals surface area (Å²) in [6.07, 6.45) is 0. The first-order valence-electron chi connectivity index (χ1n) is 8.26. The van der Waals surface area contributed by atoms with Gasteiger partial charge in [0.05, 0.1) is 5.56 Å². The molecule has 3 rings (SSSR count). The molecule has 2 aromatic carbocycles. The minimum Gasteiger partial charge on any atom is -0.478 e. The van der Waals surface area contributed by atoms with Gasteiger partial charge in [0.15, 0.2) is 5.16 Å². The predicted molar refractivity (Wildman–Crippen MR) is 109 cm³/mol. The number of nitrogens with zero attached hydrogens (tertiary/aromatic N) is 3. The number of hydrogen-bond donors (Lipinski definition) is 1. The highest BCUT2D eigenvalue weighted by atomic mass is 35.5. The summed E-state index contributed by atoms with van der Waals surface area (Å²) < 4.78 is 0. The van der Waals surface area contributed by atoms with Gasteiger partial charge in [0, 0.05) is 25.4 Å². The molecular formula is C20H18ClN3O2S. The van der Waals surface area contributed by atoms with Gasteiger partial charge < -0.3 is 10.0 Å².